The Morgan fingerprint density at radius 2 is 1.81 bits per heavy atom. The van der Waals surface area contributed by atoms with Crippen LogP contribution in [0.1, 0.15) is 32.2 Å². The van der Waals surface area contributed by atoms with E-state index in [-0.39, 0.29) is 5.41 Å². The lowest BCUT2D eigenvalue weighted by Crippen LogP contribution is -2.18. The van der Waals surface area contributed by atoms with Gasteiger partial charge in [-0.05, 0) is 19.1 Å². The highest BCUT2D eigenvalue weighted by Gasteiger charge is 2.21. The fraction of sp³-hybridized carbons (Fsp3) is 0.333. The van der Waals surface area contributed by atoms with Gasteiger partial charge in [-0.15, -0.1) is 0 Å². The van der Waals surface area contributed by atoms with Crippen LogP contribution in [0.3, 0.4) is 0 Å². The van der Waals surface area contributed by atoms with Crippen LogP contribution in [0.4, 0.5) is 14.6 Å². The Bertz CT molecular complexity index is 681. The predicted molar refractivity (Wildman–Crippen MR) is 80.4 cm³/mol. The number of halogens is 2. The van der Waals surface area contributed by atoms with E-state index in [0.717, 1.165) is 17.8 Å². The molecule has 3 nitrogen and oxygen atoms in total. The second-order valence-electron chi connectivity index (χ2n) is 5.79. The summed E-state index contributed by atoms with van der Waals surface area (Å²) in [6, 6.07) is 3.46. The van der Waals surface area contributed by atoms with Gasteiger partial charge in [-0.3, -0.25) is 0 Å². The number of nitrogens with two attached hydrogens (primary N) is 1. The minimum absolute atomic E-state index is 0.265. The molecule has 6 heteroatoms. The van der Waals surface area contributed by atoms with E-state index >= 15 is 0 Å². The van der Waals surface area contributed by atoms with Gasteiger partial charge < -0.3 is 5.73 Å². The summed E-state index contributed by atoms with van der Waals surface area (Å²) in [6.07, 6.45) is 0. The van der Waals surface area contributed by atoms with Gasteiger partial charge >= 0.3 is 0 Å². The summed E-state index contributed by atoms with van der Waals surface area (Å²) in [5, 5.41) is 0.581. The van der Waals surface area contributed by atoms with Gasteiger partial charge in [0.25, 0.3) is 0 Å². The van der Waals surface area contributed by atoms with Gasteiger partial charge in [-0.1, -0.05) is 32.5 Å². The van der Waals surface area contributed by atoms with Crippen molar-refractivity contribution in [2.75, 3.05) is 5.73 Å². The molecule has 0 radical (unpaired) electrons. The average molecular weight is 309 g/mol. The molecule has 2 N–H and O–H groups in total. The third-order valence-corrected chi connectivity index (χ3v) is 4.05. The molecule has 0 bridgehead atoms. The Labute approximate surface area is 127 Å². The standard InChI is InChI=1S/C15H17F2N3S/c1-8-12(18)19-14(15(2,3)4)20-13(8)21-11-6-5-9(16)7-10(11)17/h5-7H,1-4H3,(H2,18,19,20). The Balaban J connectivity index is 2.46. The Kier molecular flexibility index (Phi) is 4.18. The first-order valence-corrected chi connectivity index (χ1v) is 7.27. The van der Waals surface area contributed by atoms with E-state index in [1.807, 2.05) is 20.8 Å². The number of hydrogen-bond donors (Lipinski definition) is 1. The van der Waals surface area contributed by atoms with Crippen molar-refractivity contribution < 1.29 is 8.78 Å². The molecule has 2 rings (SSSR count). The van der Waals surface area contributed by atoms with Gasteiger partial charge in [0, 0.05) is 21.9 Å². The zero-order chi connectivity index (χ0) is 15.8. The first kappa shape index (κ1) is 15.7. The highest BCUT2D eigenvalue weighted by Crippen LogP contribution is 2.34. The van der Waals surface area contributed by atoms with Gasteiger partial charge in [0.05, 0.1) is 0 Å². The number of benzene rings is 1. The maximum absolute atomic E-state index is 13.8. The van der Waals surface area contributed by atoms with Gasteiger partial charge in [0.1, 0.15) is 28.3 Å². The van der Waals surface area contributed by atoms with E-state index in [2.05, 4.69) is 9.97 Å². The lowest BCUT2D eigenvalue weighted by atomic mass is 9.95. The van der Waals surface area contributed by atoms with Crippen LogP contribution in [0.25, 0.3) is 0 Å². The minimum Gasteiger partial charge on any atom is -0.383 e. The van der Waals surface area contributed by atoms with Crippen molar-refractivity contribution in [1.82, 2.24) is 9.97 Å². The number of hydrogen-bond acceptors (Lipinski definition) is 4. The topological polar surface area (TPSA) is 51.8 Å². The van der Waals surface area contributed by atoms with Crippen molar-refractivity contribution in [2.24, 2.45) is 0 Å². The highest BCUT2D eigenvalue weighted by molar-refractivity contribution is 7.99. The van der Waals surface area contributed by atoms with Gasteiger partial charge in [-0.25, -0.2) is 18.7 Å². The SMILES string of the molecule is Cc1c(N)nc(C(C)(C)C)nc1Sc1ccc(F)cc1F. The second-order valence-corrected chi connectivity index (χ2v) is 6.82. The van der Waals surface area contributed by atoms with E-state index in [1.165, 1.54) is 12.1 Å². The highest BCUT2D eigenvalue weighted by atomic mass is 32.2. The zero-order valence-corrected chi connectivity index (χ0v) is 13.2. The van der Waals surface area contributed by atoms with Crippen molar-refractivity contribution in [2.45, 2.75) is 43.0 Å². The number of anilines is 1. The van der Waals surface area contributed by atoms with Crippen molar-refractivity contribution in [3.8, 4) is 0 Å². The molecule has 2 aromatic rings. The zero-order valence-electron chi connectivity index (χ0n) is 12.4. The van der Waals surface area contributed by atoms with Crippen molar-refractivity contribution >= 4 is 17.6 Å². The van der Waals surface area contributed by atoms with E-state index in [1.54, 1.807) is 6.92 Å². The van der Waals surface area contributed by atoms with E-state index in [0.29, 0.717) is 27.1 Å². The number of nitrogen functional groups attached to an aromatic ring is 1. The molecule has 0 unspecified atom stereocenters. The van der Waals surface area contributed by atoms with E-state index in [9.17, 15) is 8.78 Å². The van der Waals surface area contributed by atoms with Crippen LogP contribution in [0.2, 0.25) is 0 Å². The molecule has 0 aliphatic heterocycles. The number of rotatable bonds is 2. The fourth-order valence-electron chi connectivity index (χ4n) is 1.61. The molecule has 1 heterocycles. The van der Waals surface area contributed by atoms with E-state index < -0.39 is 11.6 Å². The molecule has 0 aliphatic carbocycles. The molecule has 21 heavy (non-hydrogen) atoms. The molecule has 0 spiro atoms. The summed E-state index contributed by atoms with van der Waals surface area (Å²) < 4.78 is 26.7. The quantitative estimate of drug-likeness (QED) is 0.849. The summed E-state index contributed by atoms with van der Waals surface area (Å²) >= 11 is 1.12. The van der Waals surface area contributed by atoms with Crippen LogP contribution >= 0.6 is 11.8 Å². The summed E-state index contributed by atoms with van der Waals surface area (Å²) in [5.74, 6) is -0.254. The Morgan fingerprint density at radius 3 is 2.38 bits per heavy atom. The maximum Gasteiger partial charge on any atom is 0.140 e. The summed E-state index contributed by atoms with van der Waals surface area (Å²) in [7, 11) is 0. The molecule has 0 saturated heterocycles. The van der Waals surface area contributed by atoms with Crippen molar-refractivity contribution in [3.05, 3.63) is 41.2 Å². The minimum atomic E-state index is -0.617. The van der Waals surface area contributed by atoms with Crippen molar-refractivity contribution in [3.63, 3.8) is 0 Å². The third-order valence-electron chi connectivity index (χ3n) is 2.91. The Morgan fingerprint density at radius 1 is 1.14 bits per heavy atom. The lowest BCUT2D eigenvalue weighted by Gasteiger charge is -2.19. The van der Waals surface area contributed by atoms with Gasteiger partial charge in [0.2, 0.25) is 0 Å². The smallest absolute Gasteiger partial charge is 0.140 e. The molecule has 0 atom stereocenters. The monoisotopic (exact) mass is 309 g/mol. The lowest BCUT2D eigenvalue weighted by molar-refractivity contribution is 0.538. The number of aromatic nitrogens is 2. The van der Waals surface area contributed by atoms with Crippen molar-refractivity contribution in [1.29, 1.82) is 0 Å². The maximum atomic E-state index is 13.8. The van der Waals surface area contributed by atoms with Gasteiger partial charge in [-0.2, -0.15) is 0 Å². The average Bonchev–Trinajstić information content (AvgIpc) is 2.36. The largest absolute Gasteiger partial charge is 0.383 e. The summed E-state index contributed by atoms with van der Waals surface area (Å²) in [6.45, 7) is 7.71. The van der Waals surface area contributed by atoms with E-state index in [4.69, 9.17) is 5.73 Å². The van der Waals surface area contributed by atoms with Crippen LogP contribution < -0.4 is 5.73 Å². The van der Waals surface area contributed by atoms with Crippen LogP contribution in [0.15, 0.2) is 28.1 Å². The van der Waals surface area contributed by atoms with Crippen LogP contribution in [-0.2, 0) is 5.41 Å². The van der Waals surface area contributed by atoms with Crippen LogP contribution in [-0.4, -0.2) is 9.97 Å². The molecule has 0 amide bonds. The molecule has 112 valence electrons. The predicted octanol–water partition coefficient (Wildman–Crippen LogP) is 4.09. The first-order chi connectivity index (χ1) is 9.68. The van der Waals surface area contributed by atoms with Gasteiger partial charge in [0.15, 0.2) is 0 Å². The second kappa shape index (κ2) is 5.60. The molecular formula is C15H17F2N3S. The number of nitrogens with zero attached hydrogens (tertiary/aromatic N) is 2. The molecule has 1 aromatic carbocycles. The molecule has 0 saturated carbocycles. The molecule has 0 fully saturated rings. The summed E-state index contributed by atoms with van der Waals surface area (Å²) in [5.41, 5.74) is 6.34. The first-order valence-electron chi connectivity index (χ1n) is 6.46. The van der Waals surface area contributed by atoms with Crippen LogP contribution in [0.5, 0.6) is 0 Å². The summed E-state index contributed by atoms with van der Waals surface area (Å²) in [4.78, 5) is 9.06. The Hall–Kier alpha value is -1.69. The third kappa shape index (κ3) is 3.50. The molecule has 0 aliphatic rings. The molecule has 1 aromatic heterocycles. The molecular weight excluding hydrogens is 292 g/mol. The normalized spacial score (nSPS) is 11.7. The fourth-order valence-corrected chi connectivity index (χ4v) is 2.50. The van der Waals surface area contributed by atoms with Crippen LogP contribution in [0, 0.1) is 18.6 Å².